The molecule has 0 radical (unpaired) electrons. The zero-order chi connectivity index (χ0) is 30.3. The molecular formula is C26H24ClF6N5O3. The predicted octanol–water partition coefficient (Wildman–Crippen LogP) is 5.57. The number of fused-ring (bicyclic) bond motifs is 3. The molecule has 220 valence electrons. The first kappa shape index (κ1) is 30.2. The quantitative estimate of drug-likeness (QED) is 0.246. The third-order valence-corrected chi connectivity index (χ3v) is 7.12. The lowest BCUT2D eigenvalue weighted by molar-refractivity contribution is -0.274. The van der Waals surface area contributed by atoms with Gasteiger partial charge < -0.3 is 14.5 Å². The molecular weight excluding hydrogens is 580 g/mol. The van der Waals surface area contributed by atoms with Crippen molar-refractivity contribution in [3.63, 3.8) is 0 Å². The first-order valence-corrected chi connectivity index (χ1v) is 12.7. The Bertz CT molecular complexity index is 1450. The molecule has 1 aromatic heterocycles. The summed E-state index contributed by atoms with van der Waals surface area (Å²) in [5, 5.41) is 4.18. The molecule has 2 aliphatic rings. The largest absolute Gasteiger partial charge is 0.573 e. The van der Waals surface area contributed by atoms with Crippen LogP contribution in [0.3, 0.4) is 0 Å². The maximum absolute atomic E-state index is 13.6. The van der Waals surface area contributed by atoms with Crippen LogP contribution < -0.4 is 4.74 Å². The number of nitrogens with zero attached hydrogens (tertiary/aromatic N) is 5. The van der Waals surface area contributed by atoms with E-state index in [1.807, 2.05) is 0 Å². The molecule has 0 saturated heterocycles. The summed E-state index contributed by atoms with van der Waals surface area (Å²) in [6.07, 6.45) is -6.95. The van der Waals surface area contributed by atoms with Gasteiger partial charge in [-0.1, -0.05) is 24.3 Å². The summed E-state index contributed by atoms with van der Waals surface area (Å²) in [5.74, 6) is -1.75. The average Bonchev–Trinajstić information content (AvgIpc) is 3.27. The van der Waals surface area contributed by atoms with Crippen molar-refractivity contribution in [3.05, 3.63) is 70.2 Å². The van der Waals surface area contributed by atoms with Gasteiger partial charge in [0, 0.05) is 36.8 Å². The number of carbonyl (C=O) groups is 2. The van der Waals surface area contributed by atoms with E-state index in [0.29, 0.717) is 29.8 Å². The highest BCUT2D eigenvalue weighted by atomic mass is 35.5. The van der Waals surface area contributed by atoms with Crippen LogP contribution in [0.15, 0.2) is 47.6 Å². The first-order chi connectivity index (χ1) is 19.1. The Morgan fingerprint density at radius 2 is 1.90 bits per heavy atom. The number of hydrogen-bond acceptors (Lipinski definition) is 5. The Kier molecular flexibility index (Phi) is 8.25. The van der Waals surface area contributed by atoms with Crippen molar-refractivity contribution in [3.8, 4) is 5.75 Å². The van der Waals surface area contributed by atoms with Crippen molar-refractivity contribution < 1.29 is 40.7 Å². The van der Waals surface area contributed by atoms with Crippen LogP contribution in [0.1, 0.15) is 46.0 Å². The maximum Gasteiger partial charge on any atom is 0.573 e. The van der Waals surface area contributed by atoms with Crippen molar-refractivity contribution in [1.29, 1.82) is 0 Å². The minimum Gasteiger partial charge on any atom is -0.404 e. The molecule has 41 heavy (non-hydrogen) atoms. The Balaban J connectivity index is 1.58. The fourth-order valence-corrected chi connectivity index (χ4v) is 4.74. The van der Waals surface area contributed by atoms with Crippen molar-refractivity contribution in [2.45, 2.75) is 51.9 Å². The second kappa shape index (κ2) is 11.2. The number of rotatable bonds is 6. The molecule has 0 bridgehead atoms. The number of aliphatic imine (C=N–C) groups is 1. The fraction of sp³-hybridized carbons (Fsp3) is 0.385. The smallest absolute Gasteiger partial charge is 0.404 e. The number of ether oxygens (including phenoxy) is 1. The Hall–Kier alpha value is -3.81. The van der Waals surface area contributed by atoms with Crippen molar-refractivity contribution in [2.75, 3.05) is 13.1 Å². The molecule has 0 aliphatic carbocycles. The minimum atomic E-state index is -5.00. The number of aromatic nitrogens is 2. The molecule has 4 rings (SSSR count). The van der Waals surface area contributed by atoms with E-state index in [2.05, 4.69) is 21.4 Å². The van der Waals surface area contributed by atoms with Gasteiger partial charge in [0.15, 0.2) is 0 Å². The standard InChI is InChI=1S/C26H24ClF6N5O3/c1-4-16(12-34-15(3)25(28,29)30)14(2)37-9-10-38-22(24(37)40)18-13-36(8-7-20(18)35-38)23(39)17-5-6-19(27)21(11-17)41-26(31,32)33/h4-6,11-12,14H,1,7-10,13H2,2-3H3/b16-12+,34-15+. The van der Waals surface area contributed by atoms with Gasteiger partial charge >= 0.3 is 12.5 Å². The maximum atomic E-state index is 13.6. The van der Waals surface area contributed by atoms with Gasteiger partial charge in [0.25, 0.3) is 11.8 Å². The monoisotopic (exact) mass is 603 g/mol. The van der Waals surface area contributed by atoms with Crippen LogP contribution >= 0.6 is 11.6 Å². The van der Waals surface area contributed by atoms with Gasteiger partial charge in [-0.05, 0) is 37.6 Å². The van der Waals surface area contributed by atoms with Gasteiger partial charge in [0.2, 0.25) is 0 Å². The van der Waals surface area contributed by atoms with Crippen LogP contribution in [0.5, 0.6) is 5.75 Å². The second-order valence-electron chi connectivity index (χ2n) is 9.39. The number of carbonyl (C=O) groups excluding carboxylic acids is 2. The summed E-state index contributed by atoms with van der Waals surface area (Å²) >= 11 is 5.80. The fourth-order valence-electron chi connectivity index (χ4n) is 4.59. The van der Waals surface area contributed by atoms with E-state index in [1.54, 1.807) is 6.92 Å². The molecule has 8 nitrogen and oxygen atoms in total. The highest BCUT2D eigenvalue weighted by Crippen LogP contribution is 2.33. The number of hydrogen-bond donors (Lipinski definition) is 0. The van der Waals surface area contributed by atoms with Gasteiger partial charge in [-0.25, -0.2) is 0 Å². The molecule has 2 amide bonds. The Morgan fingerprint density at radius 1 is 1.20 bits per heavy atom. The highest BCUT2D eigenvalue weighted by molar-refractivity contribution is 6.32. The van der Waals surface area contributed by atoms with E-state index in [4.69, 9.17) is 11.6 Å². The van der Waals surface area contributed by atoms with Crippen LogP contribution in [0, 0.1) is 0 Å². The van der Waals surface area contributed by atoms with Gasteiger partial charge in [0.1, 0.15) is 17.2 Å². The van der Waals surface area contributed by atoms with E-state index in [0.717, 1.165) is 25.3 Å². The van der Waals surface area contributed by atoms with Crippen LogP contribution in [0.4, 0.5) is 26.3 Å². The van der Waals surface area contributed by atoms with E-state index in [-0.39, 0.29) is 35.9 Å². The summed E-state index contributed by atoms with van der Waals surface area (Å²) in [6.45, 7) is 6.80. The summed E-state index contributed by atoms with van der Waals surface area (Å²) < 4.78 is 82.3. The number of alkyl halides is 6. The van der Waals surface area contributed by atoms with Gasteiger partial charge in [-0.3, -0.25) is 19.3 Å². The molecule has 0 spiro atoms. The minimum absolute atomic E-state index is 0.0330. The predicted molar refractivity (Wildman–Crippen MR) is 137 cm³/mol. The van der Waals surface area contributed by atoms with Crippen molar-refractivity contribution >= 4 is 29.1 Å². The second-order valence-corrected chi connectivity index (χ2v) is 9.79. The molecule has 3 heterocycles. The third-order valence-electron chi connectivity index (χ3n) is 6.81. The molecule has 2 aliphatic heterocycles. The normalized spacial score (nSPS) is 17.2. The van der Waals surface area contributed by atoms with Gasteiger partial charge in [-0.2, -0.15) is 18.3 Å². The lowest BCUT2D eigenvalue weighted by Gasteiger charge is -2.34. The van der Waals surface area contributed by atoms with E-state index < -0.39 is 41.9 Å². The van der Waals surface area contributed by atoms with E-state index in [9.17, 15) is 35.9 Å². The first-order valence-electron chi connectivity index (χ1n) is 12.3. The molecule has 2 aromatic rings. The molecule has 1 aromatic carbocycles. The molecule has 15 heteroatoms. The molecule has 0 saturated carbocycles. The molecule has 1 atom stereocenters. The van der Waals surface area contributed by atoms with Crippen LogP contribution in [0.25, 0.3) is 0 Å². The van der Waals surface area contributed by atoms with Crippen molar-refractivity contribution in [2.24, 2.45) is 4.99 Å². The molecule has 1 unspecified atom stereocenters. The number of benzene rings is 1. The van der Waals surface area contributed by atoms with E-state index >= 15 is 0 Å². The van der Waals surface area contributed by atoms with Crippen LogP contribution in [-0.2, 0) is 19.5 Å². The number of amides is 2. The van der Waals surface area contributed by atoms with Crippen LogP contribution in [-0.4, -0.2) is 68.8 Å². The third kappa shape index (κ3) is 6.42. The summed E-state index contributed by atoms with van der Waals surface area (Å²) in [4.78, 5) is 33.2. The SMILES string of the molecule is C=C/C(=C\N=C(/C)C(F)(F)F)C(C)N1CCn2nc3c(c2C1=O)CN(C(=O)c1ccc(Cl)c(OC(F)(F)F)c1)CC3. The molecule has 0 N–H and O–H groups in total. The van der Waals surface area contributed by atoms with Gasteiger partial charge in [-0.15, -0.1) is 13.2 Å². The zero-order valence-corrected chi connectivity index (χ0v) is 22.6. The van der Waals surface area contributed by atoms with Gasteiger partial charge in [0.05, 0.1) is 29.8 Å². The summed E-state index contributed by atoms with van der Waals surface area (Å²) in [7, 11) is 0. The lowest BCUT2D eigenvalue weighted by atomic mass is 10.0. The summed E-state index contributed by atoms with van der Waals surface area (Å²) in [5.41, 5.74) is 0.474. The lowest BCUT2D eigenvalue weighted by Crippen LogP contribution is -2.46. The van der Waals surface area contributed by atoms with E-state index in [1.165, 1.54) is 26.6 Å². The number of halogens is 7. The molecule has 0 fully saturated rings. The average molecular weight is 604 g/mol. The topological polar surface area (TPSA) is 80.0 Å². The summed E-state index contributed by atoms with van der Waals surface area (Å²) in [6, 6.07) is 2.63. The zero-order valence-electron chi connectivity index (χ0n) is 21.8. The Morgan fingerprint density at radius 3 is 2.54 bits per heavy atom. The van der Waals surface area contributed by atoms with Crippen molar-refractivity contribution in [1.82, 2.24) is 19.6 Å². The van der Waals surface area contributed by atoms with Crippen LogP contribution in [0.2, 0.25) is 5.02 Å². The highest BCUT2D eigenvalue weighted by Gasteiger charge is 2.38. The Labute approximate surface area is 235 Å².